The van der Waals surface area contributed by atoms with E-state index in [0.29, 0.717) is 24.4 Å². The second kappa shape index (κ2) is 5.18. The van der Waals surface area contributed by atoms with E-state index >= 15 is 0 Å². The molecule has 0 saturated carbocycles. The van der Waals surface area contributed by atoms with Crippen LogP contribution in [0.3, 0.4) is 0 Å². The number of rotatable bonds is 2. The van der Waals surface area contributed by atoms with Crippen LogP contribution in [-0.4, -0.2) is 36.1 Å². The van der Waals surface area contributed by atoms with Crippen LogP contribution in [0, 0.1) is 0 Å². The minimum Gasteiger partial charge on any atom is -0.357 e. The molecule has 1 saturated heterocycles. The van der Waals surface area contributed by atoms with Crippen molar-refractivity contribution in [1.82, 2.24) is 4.90 Å². The monoisotopic (exact) mass is 248 g/mol. The van der Waals surface area contributed by atoms with Gasteiger partial charge in [0.25, 0.3) is 5.91 Å². The normalized spacial score (nSPS) is 18.8. The van der Waals surface area contributed by atoms with Gasteiger partial charge in [0, 0.05) is 24.7 Å². The van der Waals surface area contributed by atoms with Crippen LogP contribution in [0.4, 0.5) is 5.69 Å². The number of carbonyl (C=O) groups excluding carboxylic acids is 2. The third kappa shape index (κ3) is 2.68. The highest BCUT2D eigenvalue weighted by molar-refractivity contribution is 5.97. The average molecular weight is 248 g/mol. The third-order valence-electron chi connectivity index (χ3n) is 2.82. The summed E-state index contributed by atoms with van der Waals surface area (Å²) < 4.78 is 5.34. The fourth-order valence-corrected chi connectivity index (χ4v) is 1.96. The van der Waals surface area contributed by atoms with E-state index in [2.05, 4.69) is 5.32 Å². The van der Waals surface area contributed by atoms with Crippen LogP contribution in [0.2, 0.25) is 0 Å². The highest BCUT2D eigenvalue weighted by Crippen LogP contribution is 2.17. The summed E-state index contributed by atoms with van der Waals surface area (Å²) in [5.74, 6) is -0.232. The molecule has 1 aliphatic rings. The Kier molecular flexibility index (Phi) is 3.62. The van der Waals surface area contributed by atoms with E-state index in [4.69, 9.17) is 4.74 Å². The Morgan fingerprint density at radius 2 is 2.22 bits per heavy atom. The van der Waals surface area contributed by atoms with Gasteiger partial charge in [-0.1, -0.05) is 6.07 Å². The van der Waals surface area contributed by atoms with Crippen molar-refractivity contribution in [3.63, 3.8) is 0 Å². The average Bonchev–Trinajstić information content (AvgIpc) is 2.74. The number of hydrogen-bond donors (Lipinski definition) is 1. The number of nitrogens with zero attached hydrogens (tertiary/aromatic N) is 1. The van der Waals surface area contributed by atoms with E-state index in [1.807, 2.05) is 6.92 Å². The summed E-state index contributed by atoms with van der Waals surface area (Å²) in [5, 5.41) is 2.66. The molecule has 1 unspecified atom stereocenters. The summed E-state index contributed by atoms with van der Waals surface area (Å²) in [4.78, 5) is 24.9. The molecule has 0 aromatic heterocycles. The lowest BCUT2D eigenvalue weighted by Gasteiger charge is -2.19. The summed E-state index contributed by atoms with van der Waals surface area (Å²) in [7, 11) is 0. The van der Waals surface area contributed by atoms with Crippen LogP contribution in [0.15, 0.2) is 24.3 Å². The van der Waals surface area contributed by atoms with Gasteiger partial charge in [-0.2, -0.15) is 0 Å². The molecule has 0 bridgehead atoms. The maximum absolute atomic E-state index is 12.2. The zero-order chi connectivity index (χ0) is 13.1. The molecule has 1 aromatic rings. The molecule has 1 N–H and O–H groups in total. The largest absolute Gasteiger partial charge is 0.357 e. The standard InChI is InChI=1S/C13H16N2O3/c1-9(16)14-12-5-3-4-11(8-12)13(17)15-6-7-18-10(15)2/h3-5,8,10H,6-7H2,1-2H3,(H,14,16). The molecule has 1 fully saturated rings. The highest BCUT2D eigenvalue weighted by Gasteiger charge is 2.26. The number of nitrogens with one attached hydrogen (secondary N) is 1. The Balaban J connectivity index is 2.17. The summed E-state index contributed by atoms with van der Waals surface area (Å²) >= 11 is 0. The molecule has 2 rings (SSSR count). The van der Waals surface area contributed by atoms with Crippen molar-refractivity contribution in [2.24, 2.45) is 0 Å². The molecule has 2 amide bonds. The fourth-order valence-electron chi connectivity index (χ4n) is 1.96. The van der Waals surface area contributed by atoms with E-state index in [1.54, 1.807) is 29.2 Å². The molecule has 96 valence electrons. The van der Waals surface area contributed by atoms with Crippen LogP contribution in [0.25, 0.3) is 0 Å². The first-order valence-corrected chi connectivity index (χ1v) is 5.88. The van der Waals surface area contributed by atoms with Crippen LogP contribution in [0.1, 0.15) is 24.2 Å². The Morgan fingerprint density at radius 1 is 1.44 bits per heavy atom. The van der Waals surface area contributed by atoms with Crippen LogP contribution in [-0.2, 0) is 9.53 Å². The van der Waals surface area contributed by atoms with E-state index in [1.165, 1.54) is 6.92 Å². The minimum atomic E-state index is -0.193. The molecule has 1 aromatic carbocycles. The summed E-state index contributed by atoms with van der Waals surface area (Å²) in [5.41, 5.74) is 1.18. The summed E-state index contributed by atoms with van der Waals surface area (Å²) in [6, 6.07) is 6.91. The van der Waals surface area contributed by atoms with Crippen molar-refractivity contribution in [3.8, 4) is 0 Å². The van der Waals surface area contributed by atoms with Gasteiger partial charge in [-0.05, 0) is 25.1 Å². The molecule has 5 nitrogen and oxygen atoms in total. The van der Waals surface area contributed by atoms with Gasteiger partial charge in [0.15, 0.2) is 0 Å². The number of ether oxygens (including phenoxy) is 1. The SMILES string of the molecule is CC(=O)Nc1cccc(C(=O)N2CCOC2C)c1. The quantitative estimate of drug-likeness (QED) is 0.862. The molecular weight excluding hydrogens is 232 g/mol. The van der Waals surface area contributed by atoms with Gasteiger partial charge in [-0.15, -0.1) is 0 Å². The lowest BCUT2D eigenvalue weighted by atomic mass is 10.1. The van der Waals surface area contributed by atoms with Gasteiger partial charge in [0.05, 0.1) is 6.61 Å². The predicted molar refractivity (Wildman–Crippen MR) is 67.2 cm³/mol. The van der Waals surface area contributed by atoms with Gasteiger partial charge in [-0.3, -0.25) is 9.59 Å². The van der Waals surface area contributed by atoms with E-state index in [-0.39, 0.29) is 18.0 Å². The molecule has 0 aliphatic carbocycles. The van der Waals surface area contributed by atoms with Crippen molar-refractivity contribution in [3.05, 3.63) is 29.8 Å². The number of anilines is 1. The second-order valence-corrected chi connectivity index (χ2v) is 4.23. The van der Waals surface area contributed by atoms with Gasteiger partial charge in [0.1, 0.15) is 6.23 Å². The third-order valence-corrected chi connectivity index (χ3v) is 2.82. The maximum atomic E-state index is 12.2. The number of hydrogen-bond acceptors (Lipinski definition) is 3. The molecule has 1 atom stereocenters. The lowest BCUT2D eigenvalue weighted by Crippen LogP contribution is -2.34. The van der Waals surface area contributed by atoms with Gasteiger partial charge < -0.3 is 15.0 Å². The maximum Gasteiger partial charge on any atom is 0.256 e. The van der Waals surface area contributed by atoms with Gasteiger partial charge >= 0.3 is 0 Å². The Hall–Kier alpha value is -1.88. The first kappa shape index (κ1) is 12.6. The van der Waals surface area contributed by atoms with Crippen molar-refractivity contribution in [2.45, 2.75) is 20.1 Å². The Labute approximate surface area is 106 Å². The first-order chi connectivity index (χ1) is 8.58. The van der Waals surface area contributed by atoms with Crippen LogP contribution < -0.4 is 5.32 Å². The predicted octanol–water partition coefficient (Wildman–Crippen LogP) is 1.46. The molecule has 0 spiro atoms. The Bertz CT molecular complexity index is 473. The minimum absolute atomic E-state index is 0.0767. The van der Waals surface area contributed by atoms with E-state index in [0.717, 1.165) is 0 Å². The van der Waals surface area contributed by atoms with Gasteiger partial charge in [0.2, 0.25) is 5.91 Å². The van der Waals surface area contributed by atoms with Crippen LogP contribution in [0.5, 0.6) is 0 Å². The highest BCUT2D eigenvalue weighted by atomic mass is 16.5. The molecule has 1 aliphatic heterocycles. The van der Waals surface area contributed by atoms with Gasteiger partial charge in [-0.25, -0.2) is 0 Å². The number of carbonyl (C=O) groups is 2. The zero-order valence-corrected chi connectivity index (χ0v) is 10.5. The summed E-state index contributed by atoms with van der Waals surface area (Å²) in [6.45, 7) is 4.45. The second-order valence-electron chi connectivity index (χ2n) is 4.23. The van der Waals surface area contributed by atoms with Crippen LogP contribution >= 0.6 is 0 Å². The molecule has 18 heavy (non-hydrogen) atoms. The lowest BCUT2D eigenvalue weighted by molar-refractivity contribution is -0.114. The molecule has 1 heterocycles. The zero-order valence-electron chi connectivity index (χ0n) is 10.5. The Morgan fingerprint density at radius 3 is 2.83 bits per heavy atom. The smallest absolute Gasteiger partial charge is 0.256 e. The number of amides is 2. The molecular formula is C13H16N2O3. The fraction of sp³-hybridized carbons (Fsp3) is 0.385. The first-order valence-electron chi connectivity index (χ1n) is 5.88. The topological polar surface area (TPSA) is 58.6 Å². The number of benzene rings is 1. The van der Waals surface area contributed by atoms with Crippen molar-refractivity contribution in [2.75, 3.05) is 18.5 Å². The van der Waals surface area contributed by atoms with Crippen molar-refractivity contribution >= 4 is 17.5 Å². The van der Waals surface area contributed by atoms with E-state index in [9.17, 15) is 9.59 Å². The summed E-state index contributed by atoms with van der Waals surface area (Å²) in [6.07, 6.45) is -0.193. The molecule has 0 radical (unpaired) electrons. The van der Waals surface area contributed by atoms with E-state index < -0.39 is 0 Å². The van der Waals surface area contributed by atoms with Crippen molar-refractivity contribution < 1.29 is 14.3 Å². The van der Waals surface area contributed by atoms with Crippen molar-refractivity contribution in [1.29, 1.82) is 0 Å². The molecule has 5 heteroatoms.